The van der Waals surface area contributed by atoms with Crippen LogP contribution in [0.4, 0.5) is 0 Å². The summed E-state index contributed by atoms with van der Waals surface area (Å²) in [6.07, 6.45) is -3.44. The maximum Gasteiger partial charge on any atom is 0.276 e. The average Bonchev–Trinajstić information content (AvgIpc) is 2.74. The summed E-state index contributed by atoms with van der Waals surface area (Å²) in [6, 6.07) is 12.8. The van der Waals surface area contributed by atoms with Crippen LogP contribution in [-0.4, -0.2) is 55.7 Å². The van der Waals surface area contributed by atoms with Gasteiger partial charge in [-0.3, -0.25) is 9.59 Å². The minimum absolute atomic E-state index is 0.292. The number of amides is 1. The molecule has 2 unspecified atom stereocenters. The zero-order valence-electron chi connectivity index (χ0n) is 14.9. The Morgan fingerprint density at radius 3 is 2.62 bits per heavy atom. The van der Waals surface area contributed by atoms with Gasteiger partial charge >= 0.3 is 0 Å². The number of nitrogens with one attached hydrogen (secondary N) is 2. The van der Waals surface area contributed by atoms with Crippen molar-refractivity contribution >= 4 is 34.3 Å². The molecule has 0 bridgehead atoms. The molecule has 0 spiro atoms. The molecule has 0 fully saturated rings. The van der Waals surface area contributed by atoms with Crippen LogP contribution in [-0.2, 0) is 0 Å². The topological polar surface area (TPSA) is 148 Å². The molecule has 0 aliphatic heterocycles. The van der Waals surface area contributed by atoms with E-state index in [4.69, 9.17) is 16.7 Å². The van der Waals surface area contributed by atoms with Crippen molar-refractivity contribution in [3.63, 3.8) is 0 Å². The quantitative estimate of drug-likeness (QED) is 0.290. The van der Waals surface area contributed by atoms with E-state index in [-0.39, 0.29) is 5.69 Å². The molecular formula is C19H17ClN4O5. The van der Waals surface area contributed by atoms with Crippen LogP contribution in [0.3, 0.4) is 0 Å². The van der Waals surface area contributed by atoms with Gasteiger partial charge in [-0.2, -0.15) is 5.10 Å². The fraction of sp³-hybridized carbons (Fsp3) is 0.158. The summed E-state index contributed by atoms with van der Waals surface area (Å²) in [5.74, 6) is -0.603. The van der Waals surface area contributed by atoms with E-state index in [2.05, 4.69) is 20.5 Å². The Balaban J connectivity index is 2.06. The van der Waals surface area contributed by atoms with E-state index < -0.39 is 36.0 Å². The maximum atomic E-state index is 12.5. The van der Waals surface area contributed by atoms with E-state index in [1.54, 1.807) is 42.5 Å². The molecule has 0 aliphatic carbocycles. The number of aliphatic hydroxyl groups is 3. The first-order valence-electron chi connectivity index (χ1n) is 8.50. The second kappa shape index (κ2) is 8.93. The molecule has 3 rings (SSSR count). The number of carbonyl (C=O) groups is 1. The van der Waals surface area contributed by atoms with E-state index in [0.717, 1.165) is 0 Å². The molecule has 3 aromatic rings. The Hall–Kier alpha value is -3.11. The van der Waals surface area contributed by atoms with Gasteiger partial charge in [0.05, 0.1) is 17.6 Å². The standard InChI is InChI=1S/C19H17ClN4O5/c20-11-6-7-12-13(8-11)21-16(19(29)22-12)15(17(27)14(26)9-25)23-24-18(28)10-4-2-1-3-5-10/h1-8,14,17,25-27H,9H2,(H,22,29)(H,24,28)/b23-15-. The molecule has 0 saturated heterocycles. The first kappa shape index (κ1) is 20.6. The monoisotopic (exact) mass is 416 g/mol. The molecule has 0 saturated carbocycles. The van der Waals surface area contributed by atoms with Crippen molar-refractivity contribution in [1.29, 1.82) is 0 Å². The fourth-order valence-electron chi connectivity index (χ4n) is 2.54. The van der Waals surface area contributed by atoms with Crippen LogP contribution in [0, 0.1) is 0 Å². The van der Waals surface area contributed by atoms with Crippen molar-refractivity contribution in [2.24, 2.45) is 5.10 Å². The van der Waals surface area contributed by atoms with Crippen molar-refractivity contribution in [3.8, 4) is 0 Å². The molecule has 9 nitrogen and oxygen atoms in total. The molecule has 1 heterocycles. The Labute approximate surface area is 169 Å². The lowest BCUT2D eigenvalue weighted by Crippen LogP contribution is -2.41. The summed E-state index contributed by atoms with van der Waals surface area (Å²) >= 11 is 5.95. The van der Waals surface area contributed by atoms with Gasteiger partial charge in [-0.15, -0.1) is 0 Å². The SMILES string of the molecule is O=C(N/N=C(/c1nc2cc(Cl)ccc2[nH]c1=O)C(O)C(O)CO)c1ccccc1. The number of rotatable bonds is 6. The Kier molecular flexibility index (Phi) is 6.35. The zero-order chi connectivity index (χ0) is 21.0. The largest absolute Gasteiger partial charge is 0.394 e. The maximum absolute atomic E-state index is 12.5. The lowest BCUT2D eigenvalue weighted by molar-refractivity contribution is 0.0183. The smallest absolute Gasteiger partial charge is 0.276 e. The first-order valence-corrected chi connectivity index (χ1v) is 8.88. The normalized spacial score (nSPS) is 13.9. The lowest BCUT2D eigenvalue weighted by atomic mass is 10.1. The van der Waals surface area contributed by atoms with Crippen molar-refractivity contribution < 1.29 is 20.1 Å². The number of carbonyl (C=O) groups excluding carboxylic acids is 1. The Morgan fingerprint density at radius 2 is 1.93 bits per heavy atom. The van der Waals surface area contributed by atoms with Gasteiger partial charge in [0.15, 0.2) is 5.69 Å². The summed E-state index contributed by atoms with van der Waals surface area (Å²) < 4.78 is 0. The number of hydrogen-bond donors (Lipinski definition) is 5. The zero-order valence-corrected chi connectivity index (χ0v) is 15.7. The molecule has 5 N–H and O–H groups in total. The van der Waals surface area contributed by atoms with Crippen LogP contribution >= 0.6 is 11.6 Å². The van der Waals surface area contributed by atoms with E-state index in [0.29, 0.717) is 21.6 Å². The summed E-state index contributed by atoms with van der Waals surface area (Å²) in [7, 11) is 0. The van der Waals surface area contributed by atoms with Gasteiger partial charge in [0.25, 0.3) is 11.5 Å². The second-order valence-electron chi connectivity index (χ2n) is 6.07. The fourth-order valence-corrected chi connectivity index (χ4v) is 2.70. The summed E-state index contributed by atoms with van der Waals surface area (Å²) in [5.41, 5.74) is 1.75. The lowest BCUT2D eigenvalue weighted by Gasteiger charge is -2.17. The molecule has 10 heteroatoms. The molecule has 29 heavy (non-hydrogen) atoms. The number of hydrogen-bond acceptors (Lipinski definition) is 7. The van der Waals surface area contributed by atoms with Crippen molar-refractivity contribution in [3.05, 3.63) is 75.2 Å². The number of H-pyrrole nitrogens is 1. The van der Waals surface area contributed by atoms with Gasteiger partial charge in [0.1, 0.15) is 17.9 Å². The second-order valence-corrected chi connectivity index (χ2v) is 6.51. The van der Waals surface area contributed by atoms with Crippen molar-refractivity contribution in [1.82, 2.24) is 15.4 Å². The molecule has 1 amide bonds. The van der Waals surface area contributed by atoms with E-state index in [9.17, 15) is 19.8 Å². The summed E-state index contributed by atoms with van der Waals surface area (Å²) in [4.78, 5) is 31.5. The minimum Gasteiger partial charge on any atom is -0.394 e. The molecule has 0 radical (unpaired) electrons. The third-order valence-electron chi connectivity index (χ3n) is 4.04. The molecule has 1 aromatic heterocycles. The highest BCUT2D eigenvalue weighted by atomic mass is 35.5. The third kappa shape index (κ3) is 4.66. The van der Waals surface area contributed by atoms with Crippen molar-refractivity contribution in [2.75, 3.05) is 6.61 Å². The van der Waals surface area contributed by atoms with Gasteiger partial charge in [-0.25, -0.2) is 10.4 Å². The van der Waals surface area contributed by atoms with E-state index >= 15 is 0 Å². The van der Waals surface area contributed by atoms with Crippen molar-refractivity contribution in [2.45, 2.75) is 12.2 Å². The van der Waals surface area contributed by atoms with Crippen LogP contribution in [0.2, 0.25) is 5.02 Å². The molecular weight excluding hydrogens is 400 g/mol. The van der Waals surface area contributed by atoms with Crippen LogP contribution < -0.4 is 11.0 Å². The number of aromatic nitrogens is 2. The Morgan fingerprint density at radius 1 is 1.21 bits per heavy atom. The number of aromatic amines is 1. The average molecular weight is 417 g/mol. The number of hydrazone groups is 1. The predicted molar refractivity (Wildman–Crippen MR) is 107 cm³/mol. The first-order chi connectivity index (χ1) is 13.9. The highest BCUT2D eigenvalue weighted by molar-refractivity contribution is 6.31. The number of nitrogens with zero attached hydrogens (tertiary/aromatic N) is 2. The number of halogens is 1. The highest BCUT2D eigenvalue weighted by Gasteiger charge is 2.27. The minimum atomic E-state index is -1.79. The van der Waals surface area contributed by atoms with Gasteiger partial charge in [0.2, 0.25) is 0 Å². The van der Waals surface area contributed by atoms with Crippen LogP contribution in [0.1, 0.15) is 16.1 Å². The van der Waals surface area contributed by atoms with Crippen LogP contribution in [0.5, 0.6) is 0 Å². The number of benzene rings is 2. The van der Waals surface area contributed by atoms with E-state index in [1.165, 1.54) is 6.07 Å². The molecule has 2 aromatic carbocycles. The third-order valence-corrected chi connectivity index (χ3v) is 4.28. The summed E-state index contributed by atoms with van der Waals surface area (Å²) in [6.45, 7) is -0.801. The number of fused-ring (bicyclic) bond motifs is 1. The summed E-state index contributed by atoms with van der Waals surface area (Å²) in [5, 5.41) is 33.5. The molecule has 2 atom stereocenters. The highest BCUT2D eigenvalue weighted by Crippen LogP contribution is 2.15. The van der Waals surface area contributed by atoms with Gasteiger partial charge in [0, 0.05) is 10.6 Å². The predicted octanol–water partition coefficient (Wildman–Crippen LogP) is 0.425. The molecule has 0 aliphatic rings. The molecule has 150 valence electrons. The van der Waals surface area contributed by atoms with Crippen LogP contribution in [0.25, 0.3) is 11.0 Å². The van der Waals surface area contributed by atoms with E-state index in [1.807, 2.05) is 0 Å². The van der Waals surface area contributed by atoms with Gasteiger partial charge in [-0.1, -0.05) is 29.8 Å². The Bertz CT molecular complexity index is 1120. The van der Waals surface area contributed by atoms with Gasteiger partial charge in [-0.05, 0) is 30.3 Å². The number of aliphatic hydroxyl groups excluding tert-OH is 3. The van der Waals surface area contributed by atoms with Crippen LogP contribution in [0.15, 0.2) is 58.4 Å². The van der Waals surface area contributed by atoms with Gasteiger partial charge < -0.3 is 20.3 Å².